The molecule has 1 aliphatic carbocycles. The molecule has 39 heavy (non-hydrogen) atoms. The van der Waals surface area contributed by atoms with E-state index in [1.165, 1.54) is 70.6 Å². The number of unbranched alkanes of at least 4 members (excludes halogenated alkanes) is 7. The zero-order valence-corrected chi connectivity index (χ0v) is 24.3. The molecule has 1 atom stereocenters. The summed E-state index contributed by atoms with van der Waals surface area (Å²) in [6, 6.07) is 13.6. The number of carbonyl (C=O) groups excluding carboxylic acids is 2. The number of hydrogen-bond donors (Lipinski definition) is 0. The first-order valence-electron chi connectivity index (χ1n) is 15.2. The summed E-state index contributed by atoms with van der Waals surface area (Å²) in [6.45, 7) is 7.85. The van der Waals surface area contributed by atoms with Crippen molar-refractivity contribution in [2.75, 3.05) is 13.2 Å². The van der Waals surface area contributed by atoms with Crippen LogP contribution in [0.15, 0.2) is 48.5 Å². The lowest BCUT2D eigenvalue weighted by Gasteiger charge is -2.30. The number of benzene rings is 2. The van der Waals surface area contributed by atoms with Crippen molar-refractivity contribution in [1.29, 1.82) is 0 Å². The van der Waals surface area contributed by atoms with E-state index in [4.69, 9.17) is 14.2 Å². The largest absolute Gasteiger partial charge is 0.494 e. The molecule has 0 N–H and O–H groups in total. The van der Waals surface area contributed by atoms with Gasteiger partial charge in [-0.25, -0.2) is 9.59 Å². The van der Waals surface area contributed by atoms with Gasteiger partial charge in [0.05, 0.1) is 24.3 Å². The minimum Gasteiger partial charge on any atom is -0.494 e. The Bertz CT molecular complexity index is 974. The molecule has 2 aromatic carbocycles. The van der Waals surface area contributed by atoms with E-state index in [1.54, 1.807) is 48.5 Å². The molecule has 0 aliphatic heterocycles. The summed E-state index contributed by atoms with van der Waals surface area (Å²) >= 11 is 0. The molecule has 5 heteroatoms. The molecule has 2 aromatic rings. The predicted molar refractivity (Wildman–Crippen MR) is 157 cm³/mol. The fourth-order valence-corrected chi connectivity index (χ4v) is 5.22. The van der Waals surface area contributed by atoms with Gasteiger partial charge >= 0.3 is 11.9 Å². The third-order valence-corrected chi connectivity index (χ3v) is 8.00. The Hall–Kier alpha value is -2.82. The van der Waals surface area contributed by atoms with Crippen molar-refractivity contribution >= 4 is 11.9 Å². The van der Waals surface area contributed by atoms with E-state index in [0.717, 1.165) is 18.1 Å². The van der Waals surface area contributed by atoms with Gasteiger partial charge in [0.2, 0.25) is 0 Å². The summed E-state index contributed by atoms with van der Waals surface area (Å²) < 4.78 is 16.9. The lowest BCUT2D eigenvalue weighted by Crippen LogP contribution is -2.23. The van der Waals surface area contributed by atoms with E-state index in [2.05, 4.69) is 20.8 Å². The molecular weight excluding hydrogens is 488 g/mol. The van der Waals surface area contributed by atoms with E-state index in [-0.39, 0.29) is 5.97 Å². The summed E-state index contributed by atoms with van der Waals surface area (Å²) in [7, 11) is 0. The average Bonchev–Trinajstić information content (AvgIpc) is 2.96. The monoisotopic (exact) mass is 536 g/mol. The zero-order chi connectivity index (χ0) is 27.9. The zero-order valence-electron chi connectivity index (χ0n) is 24.3. The molecule has 0 radical (unpaired) electrons. The second kappa shape index (κ2) is 17.0. The van der Waals surface area contributed by atoms with Crippen LogP contribution in [0.4, 0.5) is 0 Å². The minimum absolute atomic E-state index is 0.341. The van der Waals surface area contributed by atoms with E-state index in [1.807, 2.05) is 0 Å². The van der Waals surface area contributed by atoms with Crippen LogP contribution in [0.2, 0.25) is 0 Å². The molecule has 1 fully saturated rings. The van der Waals surface area contributed by atoms with Gasteiger partial charge in [0.25, 0.3) is 0 Å². The van der Waals surface area contributed by atoms with Crippen LogP contribution >= 0.6 is 0 Å². The quantitative estimate of drug-likeness (QED) is 0.122. The molecule has 0 bridgehead atoms. The fraction of sp³-hybridized carbons (Fsp3) is 0.588. The molecule has 1 saturated carbocycles. The van der Waals surface area contributed by atoms with Gasteiger partial charge in [0.15, 0.2) is 0 Å². The first-order valence-corrected chi connectivity index (χ1v) is 15.2. The molecule has 0 heterocycles. The van der Waals surface area contributed by atoms with Crippen molar-refractivity contribution in [3.63, 3.8) is 0 Å². The summed E-state index contributed by atoms with van der Waals surface area (Å²) in [4.78, 5) is 25.1. The fourth-order valence-electron chi connectivity index (χ4n) is 5.22. The van der Waals surface area contributed by atoms with Gasteiger partial charge < -0.3 is 14.2 Å². The van der Waals surface area contributed by atoms with E-state index >= 15 is 0 Å². The Kier molecular flexibility index (Phi) is 13.4. The number of esters is 2. The van der Waals surface area contributed by atoms with Crippen molar-refractivity contribution in [3.05, 3.63) is 59.7 Å². The second-order valence-electron chi connectivity index (χ2n) is 11.4. The van der Waals surface area contributed by atoms with Crippen LogP contribution in [0.3, 0.4) is 0 Å². The smallest absolute Gasteiger partial charge is 0.343 e. The van der Waals surface area contributed by atoms with Crippen LogP contribution < -0.4 is 9.47 Å². The number of hydrogen-bond acceptors (Lipinski definition) is 5. The molecule has 1 unspecified atom stereocenters. The van der Waals surface area contributed by atoms with Crippen LogP contribution in [-0.2, 0) is 4.74 Å². The highest BCUT2D eigenvalue weighted by Crippen LogP contribution is 2.33. The van der Waals surface area contributed by atoms with Crippen LogP contribution in [0.1, 0.15) is 119 Å². The first-order chi connectivity index (χ1) is 19.0. The van der Waals surface area contributed by atoms with Crippen molar-refractivity contribution in [3.8, 4) is 11.5 Å². The predicted octanol–water partition coefficient (Wildman–Crippen LogP) is 9.04. The topological polar surface area (TPSA) is 61.8 Å². The van der Waals surface area contributed by atoms with E-state index in [9.17, 15) is 9.59 Å². The summed E-state index contributed by atoms with van der Waals surface area (Å²) in [5.41, 5.74) is 0.904. The molecule has 214 valence electrons. The average molecular weight is 537 g/mol. The van der Waals surface area contributed by atoms with Gasteiger partial charge in [0.1, 0.15) is 11.5 Å². The molecule has 0 spiro atoms. The van der Waals surface area contributed by atoms with Gasteiger partial charge in [0, 0.05) is 0 Å². The van der Waals surface area contributed by atoms with Crippen molar-refractivity contribution in [2.45, 2.75) is 97.8 Å². The molecular formula is C34H48O5. The van der Waals surface area contributed by atoms with Crippen molar-refractivity contribution < 1.29 is 23.8 Å². The normalized spacial score (nSPS) is 17.8. The Labute approximate surface area is 235 Å². The Morgan fingerprint density at radius 3 is 1.90 bits per heavy atom. The van der Waals surface area contributed by atoms with Gasteiger partial charge in [-0.1, -0.05) is 78.6 Å². The highest BCUT2D eigenvalue weighted by molar-refractivity contribution is 5.92. The van der Waals surface area contributed by atoms with Crippen molar-refractivity contribution in [2.24, 2.45) is 17.8 Å². The molecule has 1 aliphatic rings. The van der Waals surface area contributed by atoms with Crippen molar-refractivity contribution in [1.82, 2.24) is 0 Å². The van der Waals surface area contributed by atoms with E-state index < -0.39 is 5.97 Å². The van der Waals surface area contributed by atoms with Gasteiger partial charge in [-0.05, 0) is 85.5 Å². The maximum Gasteiger partial charge on any atom is 0.343 e. The summed E-state index contributed by atoms with van der Waals surface area (Å²) in [5.74, 6) is 2.16. The third kappa shape index (κ3) is 11.1. The lowest BCUT2D eigenvalue weighted by molar-refractivity contribution is 0.0377. The second-order valence-corrected chi connectivity index (χ2v) is 11.4. The minimum atomic E-state index is -0.449. The third-order valence-electron chi connectivity index (χ3n) is 8.00. The highest BCUT2D eigenvalue weighted by Gasteiger charge is 2.24. The van der Waals surface area contributed by atoms with Gasteiger partial charge in [-0.2, -0.15) is 0 Å². The van der Waals surface area contributed by atoms with Crippen LogP contribution in [0.5, 0.6) is 11.5 Å². The Balaban J connectivity index is 1.35. The highest BCUT2D eigenvalue weighted by atomic mass is 16.5. The summed E-state index contributed by atoms with van der Waals surface area (Å²) in [5, 5.41) is 0. The molecule has 5 nitrogen and oxygen atoms in total. The van der Waals surface area contributed by atoms with Gasteiger partial charge in [-0.15, -0.1) is 0 Å². The Morgan fingerprint density at radius 1 is 0.744 bits per heavy atom. The maximum absolute atomic E-state index is 12.6. The van der Waals surface area contributed by atoms with E-state index in [0.29, 0.717) is 41.9 Å². The maximum atomic E-state index is 12.6. The van der Waals surface area contributed by atoms with Crippen LogP contribution in [-0.4, -0.2) is 25.2 Å². The number of ether oxygens (including phenoxy) is 3. The lowest BCUT2D eigenvalue weighted by atomic mass is 9.77. The summed E-state index contributed by atoms with van der Waals surface area (Å²) in [6.07, 6.45) is 15.1. The molecule has 0 aromatic heterocycles. The standard InChI is InChI=1S/C34H48O5/c1-4-5-6-7-8-9-10-11-24-37-31-20-16-30(17-21-31)34(36)39-32-22-18-29(19-23-32)33(35)38-25-27(3)28-14-12-26(2)13-15-28/h16-23,26-28H,4-15,24-25H2,1-3H3. The Morgan fingerprint density at radius 2 is 1.28 bits per heavy atom. The molecule has 3 rings (SSSR count). The SMILES string of the molecule is CCCCCCCCCCOc1ccc(C(=O)Oc2ccc(C(=O)OCC(C)C3CCC(C)CC3)cc2)cc1. The van der Waals surface area contributed by atoms with Gasteiger partial charge in [-0.3, -0.25) is 0 Å². The molecule has 0 amide bonds. The first kappa shape index (κ1) is 30.7. The number of rotatable bonds is 16. The van der Waals surface area contributed by atoms with Crippen LogP contribution in [0.25, 0.3) is 0 Å². The number of carbonyl (C=O) groups is 2. The molecule has 0 saturated heterocycles. The van der Waals surface area contributed by atoms with Crippen LogP contribution in [0, 0.1) is 17.8 Å².